The molecule has 4 amide bonds. The van der Waals surface area contributed by atoms with Crippen molar-refractivity contribution in [2.45, 2.75) is 168 Å². The summed E-state index contributed by atoms with van der Waals surface area (Å²) < 4.78 is 6.30. The highest BCUT2D eigenvalue weighted by atomic mass is 32.1. The number of quaternary nitrogens is 1. The van der Waals surface area contributed by atoms with Gasteiger partial charge in [-0.2, -0.15) is 5.43 Å². The average Bonchev–Trinajstić information content (AvgIpc) is 3.80. The lowest BCUT2D eigenvalue weighted by atomic mass is 9.84. The summed E-state index contributed by atoms with van der Waals surface area (Å²) in [7, 11) is 1.95. The normalized spacial score (nSPS) is 16.9. The third-order valence-corrected chi connectivity index (χ3v) is 13.3. The summed E-state index contributed by atoms with van der Waals surface area (Å²) in [4.78, 5) is 85.1. The van der Waals surface area contributed by atoms with Gasteiger partial charge in [0, 0.05) is 56.1 Å². The number of carboxylic acids is 2. The van der Waals surface area contributed by atoms with Crippen LogP contribution in [0.5, 0.6) is 0 Å². The van der Waals surface area contributed by atoms with E-state index in [1.54, 1.807) is 43.5 Å². The number of unbranched alkanes of at least 4 members (excludes halogenated alkanes) is 3. The quantitative estimate of drug-likeness (QED) is 0.0284. The zero-order chi connectivity index (χ0) is 51.3. The molecule has 9 N–H and O–H groups in total. The number of hydroxylamine groups is 1. The lowest BCUT2D eigenvalue weighted by Crippen LogP contribution is -3.20. The maximum Gasteiger partial charge on any atom is 0.309 e. The number of hydrogen-bond donors (Lipinski definition) is 8. The van der Waals surface area contributed by atoms with Gasteiger partial charge < -0.3 is 46.7 Å². The predicted octanol–water partition coefficient (Wildman–Crippen LogP) is 4.55. The number of benzene rings is 1. The van der Waals surface area contributed by atoms with Crippen LogP contribution < -0.4 is 32.3 Å². The Morgan fingerprint density at radius 3 is 2.38 bits per heavy atom. The number of aromatic nitrogens is 1. The van der Waals surface area contributed by atoms with Crippen LogP contribution in [0.15, 0.2) is 41.8 Å². The second-order valence-corrected chi connectivity index (χ2v) is 19.7. The van der Waals surface area contributed by atoms with Crippen molar-refractivity contribution in [3.05, 3.63) is 63.3 Å². The van der Waals surface area contributed by atoms with Crippen molar-refractivity contribution in [3.8, 4) is 0 Å². The number of amides is 4. The molecule has 1 fully saturated rings. The van der Waals surface area contributed by atoms with Gasteiger partial charge in [-0.1, -0.05) is 63.8 Å². The summed E-state index contributed by atoms with van der Waals surface area (Å²) >= 11 is 1.26. The number of carboxylic acid groups (broad SMARTS) is 2. The van der Waals surface area contributed by atoms with E-state index in [1.807, 2.05) is 32.7 Å². The van der Waals surface area contributed by atoms with Crippen molar-refractivity contribution in [3.63, 3.8) is 0 Å². The SMILES string of the molecule is C=C(C)[C@@H](C[C@@H](OCC)c1nc(C(=O)N[C@@H](Cc2ccc(NC(=O)CNC(=O)[C@@H](N)CCC(=O)O)cc2)CC(C)(C)C(=O)O)cs1)N(CCCCCC)C(=O)[C@H](CCC)N[NH+]([O-])[C@H]1CCCCN1C. The van der Waals surface area contributed by atoms with Crippen molar-refractivity contribution in [2.75, 3.05) is 38.6 Å². The molecule has 69 heavy (non-hydrogen) atoms. The van der Waals surface area contributed by atoms with E-state index in [0.29, 0.717) is 43.1 Å². The van der Waals surface area contributed by atoms with Gasteiger partial charge in [-0.15, -0.1) is 11.3 Å². The largest absolute Gasteiger partial charge is 0.612 e. The van der Waals surface area contributed by atoms with Crippen LogP contribution in [0, 0.1) is 10.6 Å². The fourth-order valence-corrected chi connectivity index (χ4v) is 9.25. The molecule has 1 aliphatic rings. The predicted molar refractivity (Wildman–Crippen MR) is 266 cm³/mol. The molecular weight excluding hydrogens is 907 g/mol. The molecule has 0 aliphatic carbocycles. The number of ether oxygens (including phenoxy) is 1. The van der Waals surface area contributed by atoms with E-state index in [0.717, 1.165) is 62.6 Å². The second kappa shape index (κ2) is 29.4. The smallest absolute Gasteiger partial charge is 0.309 e. The second-order valence-electron chi connectivity index (χ2n) is 18.8. The Morgan fingerprint density at radius 1 is 1.06 bits per heavy atom. The summed E-state index contributed by atoms with van der Waals surface area (Å²) in [6.45, 7) is 16.6. The van der Waals surface area contributed by atoms with E-state index in [9.17, 15) is 39.1 Å². The topological polar surface area (TPSA) is 273 Å². The Hall–Kier alpha value is -4.83. The number of aliphatic carboxylic acids is 2. The van der Waals surface area contributed by atoms with Crippen molar-refractivity contribution in [1.29, 1.82) is 0 Å². The number of thiazole rings is 1. The van der Waals surface area contributed by atoms with Gasteiger partial charge in [0.2, 0.25) is 17.7 Å². The molecule has 7 atom stereocenters. The summed E-state index contributed by atoms with van der Waals surface area (Å²) in [5, 5.41) is 42.6. The Kier molecular flexibility index (Phi) is 24.9. The van der Waals surface area contributed by atoms with Crippen molar-refractivity contribution < 1.29 is 48.9 Å². The molecule has 0 saturated carbocycles. The van der Waals surface area contributed by atoms with E-state index < -0.39 is 65.3 Å². The summed E-state index contributed by atoms with van der Waals surface area (Å²) in [6, 6.07) is 3.87. The van der Waals surface area contributed by atoms with Crippen molar-refractivity contribution >= 4 is 52.6 Å². The molecule has 19 nitrogen and oxygen atoms in total. The van der Waals surface area contributed by atoms with Crippen LogP contribution in [0.2, 0.25) is 0 Å². The first kappa shape index (κ1) is 58.5. The first-order chi connectivity index (χ1) is 32.7. The first-order valence-corrected chi connectivity index (χ1v) is 25.3. The zero-order valence-corrected chi connectivity index (χ0v) is 42.6. The number of nitrogens with two attached hydrogens (primary N) is 1. The van der Waals surface area contributed by atoms with E-state index in [4.69, 9.17) is 20.6 Å². The molecule has 1 aromatic heterocycles. The molecule has 20 heteroatoms. The van der Waals surface area contributed by atoms with Crippen LogP contribution >= 0.6 is 11.3 Å². The lowest BCUT2D eigenvalue weighted by Gasteiger charge is -2.42. The minimum Gasteiger partial charge on any atom is -0.612 e. The van der Waals surface area contributed by atoms with Crippen LogP contribution in [0.3, 0.4) is 0 Å². The van der Waals surface area contributed by atoms with E-state index in [-0.39, 0.29) is 55.2 Å². The summed E-state index contributed by atoms with van der Waals surface area (Å²) in [5.74, 6) is -3.95. The number of hydrogen-bond acceptors (Lipinski definition) is 13. The standard InChI is InChI=1S/C49H79N9O10S/c1-9-12-13-15-26-57(47(64)37(17-10-2)55-58(67)42-18-14-16-25-56(42)8)39(32(4)5)28-40(68-11-3)46-54-38(31-69-46)45(63)53-35(29-49(6,7)48(65)66)27-33-19-21-34(22-20-33)52-41(59)30-51-44(62)36(50)23-24-43(60)61/h19-22,31,35-37,39-40,42,55,58H,4,9-18,23-30,50H2,1-3,5-8H3,(H,51,62)(H,52,59)(H,53,63)(H,60,61)(H,65,66)/t35-,36-,37-,39+,40+,42-/m0/s1. The van der Waals surface area contributed by atoms with Crippen molar-refractivity contribution in [1.82, 2.24) is 30.8 Å². The van der Waals surface area contributed by atoms with Crippen LogP contribution in [-0.4, -0.2) is 124 Å². The first-order valence-electron chi connectivity index (χ1n) is 24.4. The molecular formula is C49H79N9O10S. The Bertz CT molecular complexity index is 1980. The lowest BCUT2D eigenvalue weighted by molar-refractivity contribution is -0.936. The summed E-state index contributed by atoms with van der Waals surface area (Å²) in [6.07, 6.45) is 7.10. The van der Waals surface area contributed by atoms with Crippen LogP contribution in [0.25, 0.3) is 0 Å². The minimum absolute atomic E-state index is 0.0732. The van der Waals surface area contributed by atoms with E-state index in [2.05, 4.69) is 39.8 Å². The molecule has 1 saturated heterocycles. The summed E-state index contributed by atoms with van der Waals surface area (Å²) in [5.41, 5.74) is 9.69. The molecule has 2 heterocycles. The molecule has 0 spiro atoms. The van der Waals surface area contributed by atoms with Gasteiger partial charge in [-0.25, -0.2) is 4.98 Å². The number of carbonyl (C=O) groups excluding carboxylic acids is 4. The monoisotopic (exact) mass is 986 g/mol. The highest BCUT2D eigenvalue weighted by molar-refractivity contribution is 7.09. The Labute approximate surface area is 411 Å². The van der Waals surface area contributed by atoms with E-state index in [1.165, 1.54) is 11.3 Å². The Balaban J connectivity index is 1.81. The molecule has 1 aromatic carbocycles. The third kappa shape index (κ3) is 19.5. The average molecular weight is 986 g/mol. The number of piperidine rings is 1. The fraction of sp³-hybridized carbons (Fsp3) is 0.653. The molecule has 2 aromatic rings. The maximum absolute atomic E-state index is 14.7. The highest BCUT2D eigenvalue weighted by Crippen LogP contribution is 2.31. The molecule has 3 rings (SSSR count). The molecule has 1 aliphatic heterocycles. The fourth-order valence-electron chi connectivity index (χ4n) is 8.39. The number of likely N-dealkylation sites (tertiary alicyclic amines) is 1. The van der Waals surface area contributed by atoms with Crippen molar-refractivity contribution in [2.24, 2.45) is 11.1 Å². The minimum atomic E-state index is -1.21. The number of nitrogens with one attached hydrogen (secondary N) is 5. The molecule has 386 valence electrons. The molecule has 0 radical (unpaired) electrons. The van der Waals surface area contributed by atoms with Gasteiger partial charge in [-0.3, -0.25) is 38.8 Å². The molecule has 1 unspecified atom stereocenters. The van der Waals surface area contributed by atoms with Gasteiger partial charge in [0.05, 0.1) is 24.0 Å². The van der Waals surface area contributed by atoms with Crippen LogP contribution in [-0.2, 0) is 35.1 Å². The van der Waals surface area contributed by atoms with Gasteiger partial charge in [0.1, 0.15) is 22.8 Å². The van der Waals surface area contributed by atoms with Gasteiger partial charge in [0.25, 0.3) is 5.91 Å². The van der Waals surface area contributed by atoms with Crippen LogP contribution in [0.4, 0.5) is 5.69 Å². The Morgan fingerprint density at radius 2 is 1.77 bits per heavy atom. The number of rotatable bonds is 32. The van der Waals surface area contributed by atoms with E-state index >= 15 is 0 Å². The maximum atomic E-state index is 14.7. The number of nitrogens with zero attached hydrogens (tertiary/aromatic N) is 3. The third-order valence-electron chi connectivity index (χ3n) is 12.4. The van der Waals surface area contributed by atoms with Gasteiger partial charge in [-0.05, 0) is 97.4 Å². The molecule has 0 bridgehead atoms. The van der Waals surface area contributed by atoms with Crippen LogP contribution in [0.1, 0.15) is 152 Å². The zero-order valence-electron chi connectivity index (χ0n) is 41.8. The number of anilines is 1. The highest BCUT2D eigenvalue weighted by Gasteiger charge is 2.36. The van der Waals surface area contributed by atoms with Gasteiger partial charge >= 0.3 is 11.9 Å². The van der Waals surface area contributed by atoms with Gasteiger partial charge in [0.15, 0.2) is 6.17 Å². The number of carbonyl (C=O) groups is 6.